The Bertz CT molecular complexity index is 1140. The third-order valence-electron chi connectivity index (χ3n) is 5.79. The molecule has 2 aromatic rings. The van der Waals surface area contributed by atoms with Crippen LogP contribution in [-0.2, 0) is 56.1 Å². The number of hydrogen-bond acceptors (Lipinski definition) is 10. The van der Waals surface area contributed by atoms with E-state index in [-0.39, 0.29) is 13.2 Å². The third kappa shape index (κ3) is 13.0. The van der Waals surface area contributed by atoms with E-state index in [2.05, 4.69) is 20.1 Å². The number of aliphatic hydroxyl groups is 1. The standard InChI is InChI=1S/C15H21NO5.C15H19NO5/c2*1-10(17)13(15(19)20-3)16-14(18)11(2)21-9-12-7-5-4-6-8-12/h4-8,10-11,13,17H,9H2,1-3H3,(H,16,18);4-8,11,13H,9H2,1-3H3,(H,16,18)/t10?,11?,13-;11?,13-/m00/s1. The van der Waals surface area contributed by atoms with Gasteiger partial charge in [0.2, 0.25) is 11.8 Å². The number of aliphatic hydroxyl groups excluding tert-OH is 1. The van der Waals surface area contributed by atoms with Crippen molar-refractivity contribution < 1.29 is 48.0 Å². The van der Waals surface area contributed by atoms with Gasteiger partial charge in [-0.3, -0.25) is 14.4 Å². The van der Waals surface area contributed by atoms with Crippen molar-refractivity contribution in [3.05, 3.63) is 71.8 Å². The monoisotopic (exact) mass is 588 g/mol. The van der Waals surface area contributed by atoms with Crippen molar-refractivity contribution in [3.8, 4) is 0 Å². The molecule has 2 aromatic carbocycles. The Morgan fingerprint density at radius 3 is 1.45 bits per heavy atom. The van der Waals surface area contributed by atoms with Crippen LogP contribution in [0.25, 0.3) is 0 Å². The molecule has 0 radical (unpaired) electrons. The molecule has 2 amide bonds. The fourth-order valence-electron chi connectivity index (χ4n) is 3.22. The van der Waals surface area contributed by atoms with Crippen molar-refractivity contribution in [2.45, 2.75) is 71.3 Å². The number of rotatable bonds is 14. The lowest BCUT2D eigenvalue weighted by Gasteiger charge is -2.21. The fraction of sp³-hybridized carbons (Fsp3) is 0.433. The molecule has 0 heterocycles. The lowest BCUT2D eigenvalue weighted by molar-refractivity contribution is -0.150. The van der Waals surface area contributed by atoms with Crippen LogP contribution in [0.2, 0.25) is 0 Å². The highest BCUT2D eigenvalue weighted by molar-refractivity contribution is 6.05. The predicted octanol–water partition coefficient (Wildman–Crippen LogP) is 1.47. The molecule has 0 aliphatic heterocycles. The number of carbonyl (C=O) groups excluding carboxylic acids is 5. The van der Waals surface area contributed by atoms with Gasteiger partial charge in [0.05, 0.1) is 33.5 Å². The molecule has 0 saturated carbocycles. The number of carbonyl (C=O) groups is 5. The van der Waals surface area contributed by atoms with Gasteiger partial charge in [-0.1, -0.05) is 60.7 Å². The molecule has 42 heavy (non-hydrogen) atoms. The molecule has 0 aliphatic rings. The molecule has 3 N–H and O–H groups in total. The molecule has 2 rings (SSSR count). The predicted molar refractivity (Wildman–Crippen MR) is 152 cm³/mol. The maximum Gasteiger partial charge on any atom is 0.336 e. The first-order chi connectivity index (χ1) is 19.9. The Balaban J connectivity index is 0.000000420. The first-order valence-electron chi connectivity index (χ1n) is 13.2. The second-order valence-electron chi connectivity index (χ2n) is 9.20. The van der Waals surface area contributed by atoms with Crippen LogP contribution in [0.1, 0.15) is 38.8 Å². The summed E-state index contributed by atoms with van der Waals surface area (Å²) in [6.45, 7) is 6.28. The molecule has 0 aliphatic carbocycles. The summed E-state index contributed by atoms with van der Waals surface area (Å²) in [6.07, 6.45) is -2.60. The van der Waals surface area contributed by atoms with Gasteiger partial charge in [0.25, 0.3) is 0 Å². The summed E-state index contributed by atoms with van der Waals surface area (Å²) in [5.41, 5.74) is 1.87. The van der Waals surface area contributed by atoms with Crippen molar-refractivity contribution in [3.63, 3.8) is 0 Å². The maximum atomic E-state index is 11.9. The van der Waals surface area contributed by atoms with Crippen molar-refractivity contribution in [2.24, 2.45) is 0 Å². The van der Waals surface area contributed by atoms with Gasteiger partial charge in [-0.25, -0.2) is 9.59 Å². The lowest BCUT2D eigenvalue weighted by atomic mass is 10.1. The van der Waals surface area contributed by atoms with E-state index < -0.39 is 59.9 Å². The van der Waals surface area contributed by atoms with Crippen LogP contribution in [0.15, 0.2) is 60.7 Å². The fourth-order valence-corrected chi connectivity index (χ4v) is 3.22. The summed E-state index contributed by atoms with van der Waals surface area (Å²) in [5.74, 6) is -3.02. The number of nitrogens with one attached hydrogen (secondary N) is 2. The highest BCUT2D eigenvalue weighted by Gasteiger charge is 2.29. The summed E-state index contributed by atoms with van der Waals surface area (Å²) in [7, 11) is 2.35. The molecule has 5 atom stereocenters. The van der Waals surface area contributed by atoms with Gasteiger partial charge in [-0.05, 0) is 38.8 Å². The minimum atomic E-state index is -1.30. The van der Waals surface area contributed by atoms with E-state index >= 15 is 0 Å². The zero-order chi connectivity index (χ0) is 31.7. The third-order valence-corrected chi connectivity index (χ3v) is 5.79. The molecule has 12 nitrogen and oxygen atoms in total. The smallest absolute Gasteiger partial charge is 0.336 e. The number of Topliss-reactive ketones (excluding diaryl/α,β-unsaturated/α-hetero) is 1. The molecule has 230 valence electrons. The van der Waals surface area contributed by atoms with E-state index in [1.54, 1.807) is 13.8 Å². The topological polar surface area (TPSA) is 167 Å². The van der Waals surface area contributed by atoms with Crippen molar-refractivity contribution in [1.29, 1.82) is 0 Å². The van der Waals surface area contributed by atoms with E-state index in [4.69, 9.17) is 9.47 Å². The van der Waals surface area contributed by atoms with Crippen LogP contribution in [0, 0.1) is 0 Å². The van der Waals surface area contributed by atoms with Crippen molar-refractivity contribution >= 4 is 29.5 Å². The van der Waals surface area contributed by atoms with Gasteiger partial charge in [0, 0.05) is 0 Å². The number of amides is 2. The number of ketones is 1. The van der Waals surface area contributed by atoms with Gasteiger partial charge in [0.15, 0.2) is 17.9 Å². The molecule has 0 aromatic heterocycles. The molecule has 0 bridgehead atoms. The largest absolute Gasteiger partial charge is 0.467 e. The van der Waals surface area contributed by atoms with Crippen LogP contribution >= 0.6 is 0 Å². The van der Waals surface area contributed by atoms with Gasteiger partial charge < -0.3 is 34.7 Å². The average Bonchev–Trinajstić information content (AvgIpc) is 2.99. The average molecular weight is 589 g/mol. The minimum absolute atomic E-state index is 0.262. The van der Waals surface area contributed by atoms with Crippen LogP contribution in [0.4, 0.5) is 0 Å². The number of ether oxygens (including phenoxy) is 4. The van der Waals surface area contributed by atoms with E-state index in [9.17, 15) is 29.1 Å². The second kappa shape index (κ2) is 19.1. The first kappa shape index (κ1) is 35.9. The van der Waals surface area contributed by atoms with E-state index in [1.165, 1.54) is 21.0 Å². The molecule has 0 saturated heterocycles. The quantitative estimate of drug-likeness (QED) is 0.217. The molecule has 0 spiro atoms. The van der Waals surface area contributed by atoms with Crippen molar-refractivity contribution in [2.75, 3.05) is 14.2 Å². The van der Waals surface area contributed by atoms with Crippen molar-refractivity contribution in [1.82, 2.24) is 10.6 Å². The van der Waals surface area contributed by atoms with Gasteiger partial charge >= 0.3 is 11.9 Å². The Labute approximate surface area is 245 Å². The highest BCUT2D eigenvalue weighted by Crippen LogP contribution is 2.06. The number of hydrogen-bond donors (Lipinski definition) is 3. The Morgan fingerprint density at radius 2 is 1.10 bits per heavy atom. The van der Waals surface area contributed by atoms with E-state index in [1.807, 2.05) is 60.7 Å². The summed E-state index contributed by atoms with van der Waals surface area (Å²) in [6, 6.07) is 16.4. The lowest BCUT2D eigenvalue weighted by Crippen LogP contribution is -2.51. The second-order valence-corrected chi connectivity index (χ2v) is 9.20. The zero-order valence-electron chi connectivity index (χ0n) is 24.7. The first-order valence-corrected chi connectivity index (χ1v) is 13.2. The van der Waals surface area contributed by atoms with Gasteiger partial charge in [-0.15, -0.1) is 0 Å². The van der Waals surface area contributed by atoms with E-state index in [0.717, 1.165) is 18.2 Å². The number of esters is 2. The molecule has 12 heteroatoms. The highest BCUT2D eigenvalue weighted by atomic mass is 16.5. The molecule has 3 unspecified atom stereocenters. The Hall–Kier alpha value is -4.13. The summed E-state index contributed by atoms with van der Waals surface area (Å²) in [5, 5.41) is 14.2. The Kier molecular flexibility index (Phi) is 16.3. The molecular weight excluding hydrogens is 548 g/mol. The SMILES string of the molecule is COC(=O)[C@@H](NC(=O)C(C)OCc1ccccc1)C(C)=O.COC(=O)[C@@H](NC(=O)C(C)OCc1ccccc1)C(C)O. The number of benzene rings is 2. The molecule has 0 fully saturated rings. The zero-order valence-corrected chi connectivity index (χ0v) is 24.7. The van der Waals surface area contributed by atoms with Crippen LogP contribution in [0.3, 0.4) is 0 Å². The summed E-state index contributed by atoms with van der Waals surface area (Å²) in [4.78, 5) is 58.0. The normalized spacial score (nSPS) is 14.0. The van der Waals surface area contributed by atoms with Crippen LogP contribution in [-0.4, -0.2) is 79.3 Å². The molecular formula is C30H40N2O10. The Morgan fingerprint density at radius 1 is 0.690 bits per heavy atom. The van der Waals surface area contributed by atoms with Crippen LogP contribution < -0.4 is 10.6 Å². The summed E-state index contributed by atoms with van der Waals surface area (Å²) < 4.78 is 19.8. The van der Waals surface area contributed by atoms with Crippen LogP contribution in [0.5, 0.6) is 0 Å². The number of methoxy groups -OCH3 is 2. The van der Waals surface area contributed by atoms with E-state index in [0.29, 0.717) is 0 Å². The van der Waals surface area contributed by atoms with Gasteiger partial charge in [0.1, 0.15) is 12.2 Å². The minimum Gasteiger partial charge on any atom is -0.467 e. The van der Waals surface area contributed by atoms with Gasteiger partial charge in [-0.2, -0.15) is 0 Å². The maximum absolute atomic E-state index is 11.9. The summed E-state index contributed by atoms with van der Waals surface area (Å²) >= 11 is 0.